The molecule has 0 saturated carbocycles. The highest BCUT2D eigenvalue weighted by molar-refractivity contribution is 6.16. The van der Waals surface area contributed by atoms with E-state index < -0.39 is 29.4 Å². The van der Waals surface area contributed by atoms with Crippen molar-refractivity contribution >= 4 is 17.7 Å². The molecule has 0 spiro atoms. The Morgan fingerprint density at radius 2 is 1.86 bits per heavy atom. The van der Waals surface area contributed by atoms with Gasteiger partial charge in [-0.2, -0.15) is 0 Å². The average Bonchev–Trinajstić information content (AvgIpc) is 2.36. The number of benzene rings is 1. The maximum absolute atomic E-state index is 12.2. The number of cyclic esters (lactones) is 2. The van der Waals surface area contributed by atoms with Crippen LogP contribution in [0.2, 0.25) is 0 Å². The van der Waals surface area contributed by atoms with E-state index >= 15 is 0 Å². The molecule has 0 bridgehead atoms. The van der Waals surface area contributed by atoms with E-state index in [1.165, 1.54) is 21.0 Å². The lowest BCUT2D eigenvalue weighted by Gasteiger charge is -2.32. The van der Waals surface area contributed by atoms with Crippen molar-refractivity contribution in [2.75, 3.05) is 7.11 Å². The zero-order valence-corrected chi connectivity index (χ0v) is 12.0. The van der Waals surface area contributed by atoms with Gasteiger partial charge in [-0.05, 0) is 17.7 Å². The largest absolute Gasteiger partial charge is 0.497 e. The lowest BCUT2D eigenvalue weighted by molar-refractivity contribution is -0.238. The first-order valence-corrected chi connectivity index (χ1v) is 6.44. The van der Waals surface area contributed by atoms with Crippen LogP contribution in [-0.2, 0) is 30.3 Å². The highest BCUT2D eigenvalue weighted by atomic mass is 16.7. The summed E-state index contributed by atoms with van der Waals surface area (Å²) >= 11 is 0. The molecule has 6 nitrogen and oxygen atoms in total. The molecule has 0 amide bonds. The van der Waals surface area contributed by atoms with E-state index in [9.17, 15) is 14.4 Å². The SMILES string of the molecule is COc1cccc(CC(=O)C2C(=O)OC(C)(C)OC2=O)c1. The van der Waals surface area contributed by atoms with Gasteiger partial charge in [-0.25, -0.2) is 0 Å². The van der Waals surface area contributed by atoms with E-state index in [4.69, 9.17) is 14.2 Å². The average molecular weight is 292 g/mol. The van der Waals surface area contributed by atoms with Crippen LogP contribution in [0.3, 0.4) is 0 Å². The molecule has 1 aromatic rings. The smallest absolute Gasteiger partial charge is 0.331 e. The molecule has 1 aromatic carbocycles. The Morgan fingerprint density at radius 3 is 2.43 bits per heavy atom. The van der Waals surface area contributed by atoms with E-state index in [0.29, 0.717) is 11.3 Å². The van der Waals surface area contributed by atoms with Gasteiger partial charge in [-0.1, -0.05) is 12.1 Å². The number of Topliss-reactive ketones (excluding diaryl/α,β-unsaturated/α-hetero) is 1. The molecular weight excluding hydrogens is 276 g/mol. The van der Waals surface area contributed by atoms with Crippen molar-refractivity contribution in [1.82, 2.24) is 0 Å². The molecule has 2 rings (SSSR count). The number of hydrogen-bond acceptors (Lipinski definition) is 6. The van der Waals surface area contributed by atoms with Gasteiger partial charge in [-0.15, -0.1) is 0 Å². The summed E-state index contributed by atoms with van der Waals surface area (Å²) in [5.74, 6) is -4.57. The van der Waals surface area contributed by atoms with Crippen LogP contribution in [-0.4, -0.2) is 30.6 Å². The van der Waals surface area contributed by atoms with E-state index in [1.54, 1.807) is 24.3 Å². The first-order chi connectivity index (χ1) is 9.82. The number of hydrogen-bond donors (Lipinski definition) is 0. The van der Waals surface area contributed by atoms with Crippen molar-refractivity contribution in [1.29, 1.82) is 0 Å². The summed E-state index contributed by atoms with van der Waals surface area (Å²) in [7, 11) is 1.51. The van der Waals surface area contributed by atoms with Crippen molar-refractivity contribution in [3.63, 3.8) is 0 Å². The van der Waals surface area contributed by atoms with E-state index in [0.717, 1.165) is 0 Å². The van der Waals surface area contributed by atoms with E-state index in [-0.39, 0.29) is 6.42 Å². The summed E-state index contributed by atoms with van der Waals surface area (Å²) in [5, 5.41) is 0. The first-order valence-electron chi connectivity index (χ1n) is 6.44. The number of methoxy groups -OCH3 is 1. The Morgan fingerprint density at radius 1 is 1.24 bits per heavy atom. The summed E-state index contributed by atoms with van der Waals surface area (Å²) in [6.45, 7) is 2.87. The quantitative estimate of drug-likeness (QED) is 0.614. The normalized spacial score (nSPS) is 17.9. The standard InChI is InChI=1S/C15H16O6/c1-15(2)20-13(17)12(14(18)21-15)11(16)8-9-5-4-6-10(7-9)19-3/h4-7,12H,8H2,1-3H3. The third-order valence-corrected chi connectivity index (χ3v) is 3.00. The van der Waals surface area contributed by atoms with Gasteiger partial charge in [-0.3, -0.25) is 14.4 Å². The third-order valence-electron chi connectivity index (χ3n) is 3.00. The molecule has 0 radical (unpaired) electrons. The van der Waals surface area contributed by atoms with Crippen molar-refractivity contribution in [2.24, 2.45) is 5.92 Å². The summed E-state index contributed by atoms with van der Waals surface area (Å²) in [6.07, 6.45) is -0.0769. The molecule has 1 aliphatic rings. The molecule has 1 aliphatic heterocycles. The minimum absolute atomic E-state index is 0.0769. The Labute approximate surface area is 122 Å². The summed E-state index contributed by atoms with van der Waals surface area (Å²) < 4.78 is 14.9. The molecule has 0 atom stereocenters. The van der Waals surface area contributed by atoms with Crippen LogP contribution < -0.4 is 4.74 Å². The van der Waals surface area contributed by atoms with Crippen molar-refractivity contribution in [3.05, 3.63) is 29.8 Å². The zero-order valence-electron chi connectivity index (χ0n) is 12.0. The molecule has 1 heterocycles. The predicted molar refractivity (Wildman–Crippen MR) is 71.5 cm³/mol. The summed E-state index contributed by atoms with van der Waals surface area (Å²) in [4.78, 5) is 35.8. The molecular formula is C15H16O6. The van der Waals surface area contributed by atoms with Crippen LogP contribution in [0.15, 0.2) is 24.3 Å². The maximum Gasteiger partial charge on any atom is 0.331 e. The number of rotatable bonds is 4. The second kappa shape index (κ2) is 5.55. The van der Waals surface area contributed by atoms with Gasteiger partial charge in [0.15, 0.2) is 5.78 Å². The molecule has 0 aromatic heterocycles. The van der Waals surface area contributed by atoms with E-state index in [2.05, 4.69) is 0 Å². The van der Waals surface area contributed by atoms with Gasteiger partial charge < -0.3 is 14.2 Å². The van der Waals surface area contributed by atoms with Gasteiger partial charge in [0, 0.05) is 20.3 Å². The fraction of sp³-hybridized carbons (Fsp3) is 0.400. The number of carbonyl (C=O) groups excluding carboxylic acids is 3. The Kier molecular flexibility index (Phi) is 3.97. The van der Waals surface area contributed by atoms with Gasteiger partial charge in [0.1, 0.15) is 5.75 Å². The number of esters is 2. The van der Waals surface area contributed by atoms with Crippen LogP contribution in [0, 0.1) is 5.92 Å². The number of ketones is 1. The van der Waals surface area contributed by atoms with Gasteiger partial charge >= 0.3 is 11.9 Å². The highest BCUT2D eigenvalue weighted by Crippen LogP contribution is 2.25. The van der Waals surface area contributed by atoms with Crippen LogP contribution in [0.25, 0.3) is 0 Å². The van der Waals surface area contributed by atoms with Crippen molar-refractivity contribution in [2.45, 2.75) is 26.1 Å². The van der Waals surface area contributed by atoms with Crippen LogP contribution >= 0.6 is 0 Å². The predicted octanol–water partition coefficient (Wildman–Crippen LogP) is 1.26. The second-order valence-electron chi connectivity index (χ2n) is 5.17. The van der Waals surface area contributed by atoms with Crippen LogP contribution in [0.4, 0.5) is 0 Å². The Balaban J connectivity index is 2.13. The Hall–Kier alpha value is -2.37. The maximum atomic E-state index is 12.2. The molecule has 112 valence electrons. The minimum atomic E-state index is -1.52. The third kappa shape index (κ3) is 3.39. The molecule has 1 saturated heterocycles. The summed E-state index contributed by atoms with van der Waals surface area (Å²) in [5.41, 5.74) is 0.643. The molecule has 21 heavy (non-hydrogen) atoms. The lowest BCUT2D eigenvalue weighted by Crippen LogP contribution is -2.49. The minimum Gasteiger partial charge on any atom is -0.497 e. The molecule has 6 heteroatoms. The van der Waals surface area contributed by atoms with Crippen LogP contribution in [0.5, 0.6) is 5.75 Å². The number of carbonyl (C=O) groups is 3. The fourth-order valence-electron chi connectivity index (χ4n) is 2.07. The number of ether oxygens (including phenoxy) is 3. The lowest BCUT2D eigenvalue weighted by atomic mass is 9.97. The first kappa shape index (κ1) is 15.0. The zero-order chi connectivity index (χ0) is 15.6. The topological polar surface area (TPSA) is 78.9 Å². The molecule has 0 unspecified atom stereocenters. The van der Waals surface area contributed by atoms with Gasteiger partial charge in [0.2, 0.25) is 5.92 Å². The fourth-order valence-corrected chi connectivity index (χ4v) is 2.07. The van der Waals surface area contributed by atoms with Gasteiger partial charge in [0.25, 0.3) is 5.79 Å². The van der Waals surface area contributed by atoms with Crippen LogP contribution in [0.1, 0.15) is 19.4 Å². The van der Waals surface area contributed by atoms with Crippen molar-refractivity contribution < 1.29 is 28.6 Å². The van der Waals surface area contributed by atoms with E-state index in [1.807, 2.05) is 0 Å². The Bertz CT molecular complexity index is 570. The summed E-state index contributed by atoms with van der Waals surface area (Å²) in [6, 6.07) is 6.84. The molecule has 1 fully saturated rings. The highest BCUT2D eigenvalue weighted by Gasteiger charge is 2.46. The molecule has 0 N–H and O–H groups in total. The molecule has 0 aliphatic carbocycles. The van der Waals surface area contributed by atoms with Gasteiger partial charge in [0.05, 0.1) is 7.11 Å². The van der Waals surface area contributed by atoms with Crippen molar-refractivity contribution in [3.8, 4) is 5.75 Å². The second-order valence-corrected chi connectivity index (χ2v) is 5.17. The monoisotopic (exact) mass is 292 g/mol.